The third-order valence-electron chi connectivity index (χ3n) is 6.03. The highest BCUT2D eigenvalue weighted by molar-refractivity contribution is 7.92. The van der Waals surface area contributed by atoms with Crippen LogP contribution in [0.2, 0.25) is 0 Å². The molecule has 0 spiro atoms. The number of hydrogen-bond donors (Lipinski definition) is 1. The highest BCUT2D eigenvalue weighted by Crippen LogP contribution is 2.21. The van der Waals surface area contributed by atoms with E-state index in [1.165, 1.54) is 10.6 Å². The smallest absolute Gasteiger partial charge is 0.242 e. The second kappa shape index (κ2) is 13.9. The van der Waals surface area contributed by atoms with E-state index in [1.807, 2.05) is 57.2 Å². The number of carbonyl (C=O) groups is 2. The Kier molecular flexibility index (Phi) is 11.2. The molecule has 0 fully saturated rings. The number of nitrogens with one attached hydrogen (secondary N) is 1. The number of benzene rings is 2. The van der Waals surface area contributed by atoms with Crippen molar-refractivity contribution in [3.8, 4) is 5.75 Å². The van der Waals surface area contributed by atoms with Gasteiger partial charge in [0.1, 0.15) is 11.8 Å². The van der Waals surface area contributed by atoms with Crippen LogP contribution in [0.5, 0.6) is 5.75 Å². The van der Waals surface area contributed by atoms with E-state index in [4.69, 9.17) is 4.74 Å². The van der Waals surface area contributed by atoms with Crippen molar-refractivity contribution in [2.45, 2.75) is 59.0 Å². The first-order chi connectivity index (χ1) is 17.1. The lowest BCUT2D eigenvalue weighted by atomic mass is 10.1. The fourth-order valence-corrected chi connectivity index (χ4v) is 5.01. The van der Waals surface area contributed by atoms with E-state index in [2.05, 4.69) is 5.32 Å². The van der Waals surface area contributed by atoms with Crippen LogP contribution in [-0.4, -0.2) is 57.6 Å². The maximum absolute atomic E-state index is 13.4. The number of methoxy groups -OCH3 is 1. The van der Waals surface area contributed by atoms with Crippen molar-refractivity contribution in [3.05, 3.63) is 59.7 Å². The van der Waals surface area contributed by atoms with Crippen molar-refractivity contribution in [2.75, 3.05) is 30.8 Å². The summed E-state index contributed by atoms with van der Waals surface area (Å²) in [6.45, 7) is 6.67. The molecular formula is C27H39N3O5S. The zero-order valence-corrected chi connectivity index (χ0v) is 22.8. The molecule has 36 heavy (non-hydrogen) atoms. The van der Waals surface area contributed by atoms with E-state index in [9.17, 15) is 18.0 Å². The van der Waals surface area contributed by atoms with E-state index >= 15 is 0 Å². The number of aryl methyl sites for hydroxylation is 1. The minimum Gasteiger partial charge on any atom is -0.497 e. The molecule has 0 aromatic heterocycles. The zero-order valence-electron chi connectivity index (χ0n) is 22.0. The average Bonchev–Trinajstić information content (AvgIpc) is 2.86. The van der Waals surface area contributed by atoms with E-state index in [1.54, 1.807) is 24.1 Å². The molecule has 1 N–H and O–H groups in total. The number of nitrogens with zero attached hydrogens (tertiary/aromatic N) is 2. The van der Waals surface area contributed by atoms with Crippen LogP contribution in [0.15, 0.2) is 48.5 Å². The van der Waals surface area contributed by atoms with Crippen molar-refractivity contribution in [1.29, 1.82) is 0 Å². The highest BCUT2D eigenvalue weighted by Gasteiger charge is 2.28. The molecule has 9 heteroatoms. The lowest BCUT2D eigenvalue weighted by Gasteiger charge is -2.31. The van der Waals surface area contributed by atoms with Gasteiger partial charge in [-0.05, 0) is 61.6 Å². The molecule has 0 saturated heterocycles. The van der Waals surface area contributed by atoms with Gasteiger partial charge in [0.15, 0.2) is 0 Å². The van der Waals surface area contributed by atoms with Gasteiger partial charge in [-0.2, -0.15) is 0 Å². The maximum atomic E-state index is 13.4. The van der Waals surface area contributed by atoms with Gasteiger partial charge < -0.3 is 15.0 Å². The van der Waals surface area contributed by atoms with Crippen molar-refractivity contribution < 1.29 is 22.7 Å². The normalized spacial score (nSPS) is 12.0. The van der Waals surface area contributed by atoms with Crippen molar-refractivity contribution in [3.63, 3.8) is 0 Å². The van der Waals surface area contributed by atoms with Crippen LogP contribution >= 0.6 is 0 Å². The lowest BCUT2D eigenvalue weighted by molar-refractivity contribution is -0.141. The van der Waals surface area contributed by atoms with Gasteiger partial charge in [0.2, 0.25) is 21.8 Å². The van der Waals surface area contributed by atoms with Crippen molar-refractivity contribution in [2.24, 2.45) is 0 Å². The van der Waals surface area contributed by atoms with E-state index in [0.717, 1.165) is 17.5 Å². The molecule has 1 atom stereocenters. The second-order valence-corrected chi connectivity index (χ2v) is 10.6. The van der Waals surface area contributed by atoms with Gasteiger partial charge in [-0.25, -0.2) is 8.42 Å². The summed E-state index contributed by atoms with van der Waals surface area (Å²) in [5.41, 5.74) is 2.57. The molecule has 0 aliphatic heterocycles. The van der Waals surface area contributed by atoms with Crippen LogP contribution in [0.3, 0.4) is 0 Å². The van der Waals surface area contributed by atoms with Crippen LogP contribution in [0, 0.1) is 0 Å². The molecule has 0 radical (unpaired) electrons. The van der Waals surface area contributed by atoms with Gasteiger partial charge in [0, 0.05) is 26.1 Å². The maximum Gasteiger partial charge on any atom is 0.242 e. The number of carbonyl (C=O) groups excluding carboxylic acids is 2. The van der Waals surface area contributed by atoms with Gasteiger partial charge in [-0.1, -0.05) is 38.1 Å². The Morgan fingerprint density at radius 1 is 0.972 bits per heavy atom. The molecule has 0 unspecified atom stereocenters. The molecule has 2 aromatic rings. The number of likely N-dealkylation sites (N-methyl/N-ethyl adjacent to an activating group) is 1. The van der Waals surface area contributed by atoms with Gasteiger partial charge >= 0.3 is 0 Å². The Hall–Kier alpha value is -3.07. The Labute approximate surface area is 215 Å². The molecule has 8 nitrogen and oxygen atoms in total. The summed E-state index contributed by atoms with van der Waals surface area (Å²) in [6, 6.07) is 14.2. The summed E-state index contributed by atoms with van der Waals surface area (Å²) < 4.78 is 31.5. The SMILES string of the molecule is CCNC(=O)[C@@H](CC)N(Cc1ccc(OC)cc1)C(=O)CCCN(c1ccc(CC)cc1)S(C)(=O)=O. The largest absolute Gasteiger partial charge is 0.497 e. The van der Waals surface area contributed by atoms with Crippen LogP contribution in [0.4, 0.5) is 5.69 Å². The van der Waals surface area contributed by atoms with Crippen molar-refractivity contribution >= 4 is 27.5 Å². The molecule has 0 saturated carbocycles. The first-order valence-corrected chi connectivity index (χ1v) is 14.3. The molecule has 2 rings (SSSR count). The summed E-state index contributed by atoms with van der Waals surface area (Å²) in [6.07, 6.45) is 2.94. The molecule has 0 heterocycles. The van der Waals surface area contributed by atoms with Gasteiger partial charge in [0.05, 0.1) is 19.1 Å². The van der Waals surface area contributed by atoms with Crippen LogP contribution in [0.1, 0.15) is 51.2 Å². The van der Waals surface area contributed by atoms with E-state index < -0.39 is 16.1 Å². The van der Waals surface area contributed by atoms with Crippen molar-refractivity contribution in [1.82, 2.24) is 10.2 Å². The minimum absolute atomic E-state index is 0.116. The van der Waals surface area contributed by atoms with E-state index in [-0.39, 0.29) is 31.3 Å². The average molecular weight is 518 g/mol. The fraction of sp³-hybridized carbons (Fsp3) is 0.481. The standard InChI is InChI=1S/C27H39N3O5S/c1-6-21-11-15-23(16-12-21)30(36(5,33)34)19-9-10-26(31)29(25(7-2)27(32)28-8-3)20-22-13-17-24(35-4)18-14-22/h11-18,25H,6-10,19-20H2,1-5H3,(H,28,32)/t25-/m1/s1. The van der Waals surface area contributed by atoms with Crippen LogP contribution in [0.25, 0.3) is 0 Å². The molecule has 2 amide bonds. The second-order valence-electron chi connectivity index (χ2n) is 8.65. The van der Waals surface area contributed by atoms with Gasteiger partial charge in [-0.15, -0.1) is 0 Å². The van der Waals surface area contributed by atoms with Gasteiger partial charge in [-0.3, -0.25) is 13.9 Å². The summed E-state index contributed by atoms with van der Waals surface area (Å²) in [4.78, 5) is 27.7. The Balaban J connectivity index is 2.19. The predicted octanol–water partition coefficient (Wildman–Crippen LogP) is 3.75. The molecule has 0 aliphatic rings. The first-order valence-electron chi connectivity index (χ1n) is 12.4. The summed E-state index contributed by atoms with van der Waals surface area (Å²) >= 11 is 0. The first kappa shape index (κ1) is 29.2. The van der Waals surface area contributed by atoms with Crippen LogP contribution in [-0.2, 0) is 32.6 Å². The Morgan fingerprint density at radius 3 is 2.08 bits per heavy atom. The predicted molar refractivity (Wildman–Crippen MR) is 144 cm³/mol. The molecule has 198 valence electrons. The number of anilines is 1. The van der Waals surface area contributed by atoms with Crippen LogP contribution < -0.4 is 14.4 Å². The number of rotatable bonds is 14. The molecule has 2 aromatic carbocycles. The van der Waals surface area contributed by atoms with E-state index in [0.29, 0.717) is 30.8 Å². The number of sulfonamides is 1. The molecule has 0 bridgehead atoms. The zero-order chi connectivity index (χ0) is 26.7. The topological polar surface area (TPSA) is 96.0 Å². The quantitative estimate of drug-likeness (QED) is 0.412. The highest BCUT2D eigenvalue weighted by atomic mass is 32.2. The molecule has 0 aliphatic carbocycles. The monoisotopic (exact) mass is 517 g/mol. The van der Waals surface area contributed by atoms with Gasteiger partial charge in [0.25, 0.3) is 0 Å². The fourth-order valence-electron chi connectivity index (χ4n) is 4.04. The summed E-state index contributed by atoms with van der Waals surface area (Å²) in [5.74, 6) is 0.314. The number of amides is 2. The number of ether oxygens (including phenoxy) is 1. The minimum atomic E-state index is -3.52. The number of hydrogen-bond acceptors (Lipinski definition) is 5. The lowest BCUT2D eigenvalue weighted by Crippen LogP contribution is -2.49. The summed E-state index contributed by atoms with van der Waals surface area (Å²) in [5, 5.41) is 2.82. The molecular weight excluding hydrogens is 478 g/mol. The third kappa shape index (κ3) is 8.26. The Morgan fingerprint density at radius 2 is 1.58 bits per heavy atom. The summed E-state index contributed by atoms with van der Waals surface area (Å²) in [7, 11) is -1.93. The Bertz CT molecular complexity index is 1090. The third-order valence-corrected chi connectivity index (χ3v) is 7.23.